The van der Waals surface area contributed by atoms with Crippen molar-refractivity contribution in [1.82, 2.24) is 5.32 Å². The van der Waals surface area contributed by atoms with E-state index < -0.39 is 5.97 Å². The third-order valence-corrected chi connectivity index (χ3v) is 3.72. The van der Waals surface area contributed by atoms with E-state index in [0.29, 0.717) is 18.6 Å². The average Bonchev–Trinajstić information content (AvgIpc) is 2.29. The molecule has 0 aliphatic carbocycles. The lowest BCUT2D eigenvalue weighted by molar-refractivity contribution is -0.109. The van der Waals surface area contributed by atoms with E-state index >= 15 is 0 Å². The number of carboxylic acid groups (broad SMARTS) is 1. The highest BCUT2D eigenvalue weighted by Crippen LogP contribution is 2.31. The Morgan fingerprint density at radius 3 is 3.06 bits per heavy atom. The first-order chi connectivity index (χ1) is 8.13. The van der Waals surface area contributed by atoms with Gasteiger partial charge in [-0.3, -0.25) is 4.79 Å². The van der Waals surface area contributed by atoms with Gasteiger partial charge in [0.15, 0.2) is 0 Å². The molecular formula is C10H9BINO4. The number of nitrogens with one attached hydrogen (secondary N) is 1. The Balaban J connectivity index is 2.37. The molecule has 17 heavy (non-hydrogen) atoms. The molecule has 1 amide bonds. The molecule has 88 valence electrons. The van der Waals surface area contributed by atoms with Crippen LogP contribution in [-0.4, -0.2) is 28.2 Å². The predicted octanol–water partition coefficient (Wildman–Crippen LogP) is 0.897. The minimum atomic E-state index is -1.01. The summed E-state index contributed by atoms with van der Waals surface area (Å²) in [4.78, 5) is 21.5. The van der Waals surface area contributed by atoms with Gasteiger partial charge >= 0.3 is 10.7 Å². The van der Waals surface area contributed by atoms with E-state index in [4.69, 9.17) is 9.76 Å². The number of hydrogen-bond acceptors (Lipinski definition) is 3. The van der Waals surface area contributed by atoms with Gasteiger partial charge in [0.25, 0.3) is 0 Å². The SMILES string of the molecule is O=CNC1Cc2cccc(C(=O)O)c2OB1I. The molecule has 7 heteroatoms. The number of rotatable bonds is 3. The lowest BCUT2D eigenvalue weighted by Crippen LogP contribution is -2.47. The third-order valence-electron chi connectivity index (χ3n) is 2.60. The predicted molar refractivity (Wildman–Crippen MR) is 70.5 cm³/mol. The third kappa shape index (κ3) is 2.38. The van der Waals surface area contributed by atoms with Crippen LogP contribution in [0.2, 0.25) is 0 Å². The summed E-state index contributed by atoms with van der Waals surface area (Å²) in [6.45, 7) is 0. The molecule has 0 saturated carbocycles. The van der Waals surface area contributed by atoms with Crippen LogP contribution in [0.25, 0.3) is 0 Å². The number of aromatic carboxylic acids is 1. The highest BCUT2D eigenvalue weighted by atomic mass is 127. The van der Waals surface area contributed by atoms with Crippen LogP contribution in [0.1, 0.15) is 15.9 Å². The van der Waals surface area contributed by atoms with Gasteiger partial charge < -0.3 is 15.1 Å². The van der Waals surface area contributed by atoms with Gasteiger partial charge in [-0.25, -0.2) is 4.79 Å². The number of carbonyl (C=O) groups is 2. The fourth-order valence-corrected chi connectivity index (χ4v) is 2.52. The summed E-state index contributed by atoms with van der Waals surface area (Å²) in [6, 6.07) is 5.00. The standard InChI is InChI=1S/C10H9BINO4/c12-11-8(13-5-14)4-6-2-1-3-7(10(15)16)9(6)17-11/h1-3,5,8H,4H2,(H,13,14)(H,15,16). The number of benzene rings is 1. The fourth-order valence-electron chi connectivity index (χ4n) is 1.80. The van der Waals surface area contributed by atoms with Crippen LogP contribution < -0.4 is 9.97 Å². The minimum absolute atomic E-state index is 0.135. The van der Waals surface area contributed by atoms with E-state index in [9.17, 15) is 9.59 Å². The van der Waals surface area contributed by atoms with Crippen molar-refractivity contribution in [2.24, 2.45) is 0 Å². The molecule has 1 aliphatic rings. The molecule has 2 rings (SSSR count). The molecule has 1 aromatic carbocycles. The average molecular weight is 345 g/mol. The monoisotopic (exact) mass is 345 g/mol. The molecule has 1 aliphatic heterocycles. The van der Waals surface area contributed by atoms with Gasteiger partial charge in [-0.2, -0.15) is 0 Å². The van der Waals surface area contributed by atoms with Gasteiger partial charge in [0.1, 0.15) is 5.75 Å². The van der Waals surface area contributed by atoms with Crippen molar-refractivity contribution in [2.45, 2.75) is 12.4 Å². The molecule has 5 nitrogen and oxygen atoms in total. The highest BCUT2D eigenvalue weighted by Gasteiger charge is 2.34. The zero-order valence-corrected chi connectivity index (χ0v) is 10.9. The van der Waals surface area contributed by atoms with Gasteiger partial charge in [-0.1, -0.05) is 34.5 Å². The van der Waals surface area contributed by atoms with Crippen LogP contribution in [0.15, 0.2) is 18.2 Å². The second-order valence-corrected chi connectivity index (χ2v) is 4.89. The molecule has 1 unspecified atom stereocenters. The van der Waals surface area contributed by atoms with Crippen LogP contribution in [0, 0.1) is 0 Å². The molecule has 0 aromatic heterocycles. The molecule has 0 radical (unpaired) electrons. The zero-order chi connectivity index (χ0) is 12.4. The maximum atomic E-state index is 11.0. The quantitative estimate of drug-likeness (QED) is 0.485. The van der Waals surface area contributed by atoms with Crippen molar-refractivity contribution in [3.8, 4) is 5.75 Å². The Morgan fingerprint density at radius 2 is 2.41 bits per heavy atom. The zero-order valence-electron chi connectivity index (χ0n) is 8.72. The summed E-state index contributed by atoms with van der Waals surface area (Å²) in [5.41, 5.74) is 0.964. The number of halogens is 1. The number of fused-ring (bicyclic) bond motifs is 1. The van der Waals surface area contributed by atoms with Gasteiger partial charge in [-0.15, -0.1) is 0 Å². The summed E-state index contributed by atoms with van der Waals surface area (Å²) >= 11 is 2.04. The highest BCUT2D eigenvalue weighted by molar-refractivity contribution is 14.1. The van der Waals surface area contributed by atoms with Gasteiger partial charge in [0.2, 0.25) is 6.41 Å². The second-order valence-electron chi connectivity index (χ2n) is 3.66. The van der Waals surface area contributed by atoms with Crippen LogP contribution in [0.5, 0.6) is 5.75 Å². The number of amides is 1. The van der Waals surface area contributed by atoms with Gasteiger partial charge in [0.05, 0.1) is 11.5 Å². The molecule has 0 bridgehead atoms. The van der Waals surface area contributed by atoms with E-state index in [0.717, 1.165) is 5.56 Å². The first-order valence-corrected chi connectivity index (χ1v) is 6.23. The maximum absolute atomic E-state index is 11.0. The smallest absolute Gasteiger partial charge is 0.452 e. The Kier molecular flexibility index (Phi) is 3.56. The molecule has 0 saturated heterocycles. The molecule has 1 heterocycles. The summed E-state index contributed by atoms with van der Waals surface area (Å²) < 4.78 is 5.30. The van der Waals surface area contributed by atoms with Crippen LogP contribution in [0.3, 0.4) is 0 Å². The Labute approximate surface area is 112 Å². The molecule has 2 N–H and O–H groups in total. The van der Waals surface area contributed by atoms with E-state index in [2.05, 4.69) is 5.32 Å². The van der Waals surface area contributed by atoms with Crippen LogP contribution in [0.4, 0.5) is 0 Å². The molecule has 0 spiro atoms. The van der Waals surface area contributed by atoms with Crippen molar-refractivity contribution in [3.05, 3.63) is 29.3 Å². The lowest BCUT2D eigenvalue weighted by atomic mass is 9.79. The van der Waals surface area contributed by atoms with Gasteiger partial charge in [-0.05, 0) is 18.1 Å². The van der Waals surface area contributed by atoms with E-state index in [1.54, 1.807) is 6.07 Å². The summed E-state index contributed by atoms with van der Waals surface area (Å²) in [5.74, 6) is -0.736. The van der Waals surface area contributed by atoms with Crippen molar-refractivity contribution < 1.29 is 19.3 Å². The fraction of sp³-hybridized carbons (Fsp3) is 0.200. The minimum Gasteiger partial charge on any atom is -0.549 e. The van der Waals surface area contributed by atoms with E-state index in [-0.39, 0.29) is 16.3 Å². The Morgan fingerprint density at radius 1 is 1.65 bits per heavy atom. The Bertz CT molecular complexity index is 468. The first kappa shape index (κ1) is 12.2. The number of hydrogen-bond donors (Lipinski definition) is 2. The normalized spacial score (nSPS) is 17.9. The van der Waals surface area contributed by atoms with Crippen molar-refractivity contribution in [2.75, 3.05) is 0 Å². The Hall–Kier alpha value is -1.25. The number of para-hydroxylation sites is 1. The van der Waals surface area contributed by atoms with Crippen LogP contribution >= 0.6 is 22.4 Å². The van der Waals surface area contributed by atoms with Crippen molar-refractivity contribution >= 4 is 39.5 Å². The number of carboxylic acids is 1. The summed E-state index contributed by atoms with van der Waals surface area (Å²) in [5, 5.41) is 11.7. The molecule has 1 aromatic rings. The summed E-state index contributed by atoms with van der Waals surface area (Å²) in [7, 11) is 0. The van der Waals surface area contributed by atoms with Crippen LogP contribution in [-0.2, 0) is 11.2 Å². The van der Waals surface area contributed by atoms with E-state index in [1.807, 2.05) is 28.4 Å². The summed E-state index contributed by atoms with van der Waals surface area (Å²) in [6.07, 6.45) is 1.20. The van der Waals surface area contributed by atoms with Crippen molar-refractivity contribution in [3.63, 3.8) is 0 Å². The first-order valence-electron chi connectivity index (χ1n) is 4.99. The second kappa shape index (κ2) is 4.95. The van der Waals surface area contributed by atoms with Gasteiger partial charge in [0, 0.05) is 0 Å². The number of carbonyl (C=O) groups excluding carboxylic acids is 1. The molecule has 1 atom stereocenters. The molecular weight excluding hydrogens is 336 g/mol. The van der Waals surface area contributed by atoms with E-state index in [1.165, 1.54) is 6.07 Å². The topological polar surface area (TPSA) is 75.6 Å². The molecule has 0 fully saturated rings. The lowest BCUT2D eigenvalue weighted by Gasteiger charge is -2.28. The largest absolute Gasteiger partial charge is 0.549 e. The van der Waals surface area contributed by atoms with Crippen molar-refractivity contribution in [1.29, 1.82) is 0 Å². The maximum Gasteiger partial charge on any atom is 0.452 e.